The maximum atomic E-state index is 11.7. The third-order valence-electron chi connectivity index (χ3n) is 10.3. The van der Waals surface area contributed by atoms with Crippen LogP contribution in [0.4, 0.5) is 0 Å². The third kappa shape index (κ3) is 10.4. The molecule has 0 bridgehead atoms. The number of carbonyl (C=O) groups excluding carboxylic acids is 1. The maximum Gasteiger partial charge on any atom is 0.162 e. The minimum Gasteiger partial charge on any atom is -0.512 e. The first-order valence-corrected chi connectivity index (χ1v) is 20.1. The molecular weight excluding hydrogens is 847 g/mol. The fraction of sp³-hybridized carbons (Fsp3) is 0.458. The Morgan fingerprint density at radius 3 is 1.89 bits per heavy atom. The predicted octanol–water partition coefficient (Wildman–Crippen LogP) is 14.3. The van der Waals surface area contributed by atoms with Crippen molar-refractivity contribution in [1.82, 2.24) is 4.98 Å². The van der Waals surface area contributed by atoms with Crippen molar-refractivity contribution in [2.24, 2.45) is 11.8 Å². The normalized spacial score (nSPS) is 12.6. The fourth-order valence-corrected chi connectivity index (χ4v) is 8.56. The van der Waals surface area contributed by atoms with Crippen LogP contribution in [-0.4, -0.2) is 15.9 Å². The van der Waals surface area contributed by atoms with Crippen molar-refractivity contribution in [3.05, 3.63) is 101 Å². The number of aliphatic hydroxyl groups excluding tert-OH is 1. The Morgan fingerprint density at radius 1 is 0.774 bits per heavy atom. The first kappa shape index (κ1) is 44.3. The summed E-state index contributed by atoms with van der Waals surface area (Å²) in [6.07, 6.45) is 6.88. The van der Waals surface area contributed by atoms with Crippen LogP contribution in [0.3, 0.4) is 0 Å². The molecule has 5 aromatic rings. The van der Waals surface area contributed by atoms with E-state index in [4.69, 9.17) is 4.98 Å². The quantitative estimate of drug-likeness (QED) is 0.0911. The van der Waals surface area contributed by atoms with Crippen molar-refractivity contribution in [2.75, 3.05) is 0 Å². The van der Waals surface area contributed by atoms with Crippen molar-refractivity contribution in [2.45, 2.75) is 132 Å². The molecule has 0 atom stereocenters. The number of carbonyl (C=O) groups is 1. The Hall–Kier alpha value is -3.11. The van der Waals surface area contributed by atoms with Crippen molar-refractivity contribution in [3.63, 3.8) is 0 Å². The number of pyridine rings is 1. The van der Waals surface area contributed by atoms with Crippen LogP contribution in [-0.2, 0) is 41.1 Å². The molecule has 3 nitrogen and oxygen atoms in total. The predicted molar refractivity (Wildman–Crippen MR) is 227 cm³/mol. The summed E-state index contributed by atoms with van der Waals surface area (Å²) in [4.78, 5) is 18.0. The zero-order valence-corrected chi connectivity index (χ0v) is 37.7. The van der Waals surface area contributed by atoms with E-state index >= 15 is 0 Å². The van der Waals surface area contributed by atoms with Gasteiger partial charge in [-0.3, -0.25) is 9.78 Å². The van der Waals surface area contributed by atoms with Crippen LogP contribution in [0.15, 0.2) is 78.7 Å². The van der Waals surface area contributed by atoms with Crippen LogP contribution in [0.2, 0.25) is 0 Å². The Labute approximate surface area is 338 Å². The fourth-order valence-electron chi connectivity index (χ4n) is 7.04. The van der Waals surface area contributed by atoms with Crippen molar-refractivity contribution < 1.29 is 30.0 Å². The van der Waals surface area contributed by atoms with Crippen LogP contribution in [0.25, 0.3) is 42.6 Å². The first-order valence-electron chi connectivity index (χ1n) is 19.3. The number of aliphatic hydroxyl groups is 1. The van der Waals surface area contributed by atoms with Crippen molar-refractivity contribution in [3.8, 4) is 21.7 Å². The molecule has 1 radical (unpaired) electrons. The van der Waals surface area contributed by atoms with Gasteiger partial charge in [-0.05, 0) is 70.1 Å². The van der Waals surface area contributed by atoms with E-state index in [2.05, 4.69) is 129 Å². The van der Waals surface area contributed by atoms with Crippen molar-refractivity contribution >= 4 is 38.0 Å². The van der Waals surface area contributed by atoms with E-state index < -0.39 is 0 Å². The number of aromatic nitrogens is 1. The molecule has 1 N–H and O–H groups in total. The third-order valence-corrected chi connectivity index (χ3v) is 11.5. The Kier molecular flexibility index (Phi) is 15.1. The molecule has 53 heavy (non-hydrogen) atoms. The molecule has 0 saturated carbocycles. The molecule has 2 aromatic heterocycles. The molecule has 0 aliphatic heterocycles. The van der Waals surface area contributed by atoms with E-state index in [1.165, 1.54) is 48.7 Å². The zero-order valence-electron chi connectivity index (χ0n) is 34.5. The number of hydrogen-bond acceptors (Lipinski definition) is 4. The second-order valence-electron chi connectivity index (χ2n) is 17.3. The van der Waals surface area contributed by atoms with Crippen LogP contribution in [0.5, 0.6) is 0 Å². The zero-order chi connectivity index (χ0) is 38.6. The summed E-state index contributed by atoms with van der Waals surface area (Å²) >= 11 is 1.87. The van der Waals surface area contributed by atoms with Gasteiger partial charge in [-0.1, -0.05) is 143 Å². The summed E-state index contributed by atoms with van der Waals surface area (Å²) in [7, 11) is 0. The second kappa shape index (κ2) is 18.0. The molecule has 5 rings (SSSR count). The van der Waals surface area contributed by atoms with Gasteiger partial charge in [0.2, 0.25) is 0 Å². The van der Waals surface area contributed by atoms with Gasteiger partial charge in [0, 0.05) is 59.5 Å². The van der Waals surface area contributed by atoms with Gasteiger partial charge in [-0.25, -0.2) is 0 Å². The topological polar surface area (TPSA) is 50.2 Å². The van der Waals surface area contributed by atoms with E-state index in [9.17, 15) is 9.90 Å². The molecule has 0 amide bonds. The number of nitrogens with zero attached hydrogens (tertiary/aromatic N) is 1. The number of rotatable bonds is 9. The molecule has 3 aromatic carbocycles. The standard InChI is InChI=1S/C35H38NS.C13H24O2.Ir/c1-33(2,3)25-16-14-22(15-17-25)31-29(35(7,8)9)27-18-19-36-30(32(27)37-31)24-20-23-12-10-11-13-26(23)28(21-24)34(4,5)6;1-5-10(6-2)12(14)9-13(15)11(7-3)8-4;/h10-19,21H,1-9H3;9-11,14H,5-8H2,1-4H3;/q-1;;/b;12-9-;. The van der Waals surface area contributed by atoms with E-state index in [-0.39, 0.29) is 59.7 Å². The van der Waals surface area contributed by atoms with Gasteiger partial charge in [0.15, 0.2) is 5.78 Å². The molecule has 0 aliphatic carbocycles. The largest absolute Gasteiger partial charge is 0.512 e. The Bertz CT molecular complexity index is 2010. The molecular formula is C48H62IrNO2S-. The number of fused-ring (bicyclic) bond motifs is 2. The molecule has 0 fully saturated rings. The SMILES string of the molecule is CC(C)(C)c1ccc(-c2sc3c(-c4[c-]c5ccccc5c(C(C)(C)C)c4)nccc3c2C(C)(C)C)cc1.CCC(CC)C(=O)/C=C(\O)C(CC)CC.[Ir]. The van der Waals surface area contributed by atoms with Gasteiger partial charge in [0.1, 0.15) is 0 Å². The van der Waals surface area contributed by atoms with Gasteiger partial charge in [-0.15, -0.1) is 40.5 Å². The summed E-state index contributed by atoms with van der Waals surface area (Å²) in [5.74, 6) is 0.547. The minimum atomic E-state index is -0.00141. The molecule has 0 saturated heterocycles. The summed E-state index contributed by atoms with van der Waals surface area (Å²) in [6, 6.07) is 26.0. The number of benzene rings is 3. The Morgan fingerprint density at radius 2 is 1.36 bits per heavy atom. The van der Waals surface area contributed by atoms with Crippen LogP contribution < -0.4 is 0 Å². The summed E-state index contributed by atoms with van der Waals surface area (Å²) in [5.41, 5.74) is 7.63. The van der Waals surface area contributed by atoms with E-state index in [0.717, 1.165) is 42.3 Å². The number of allylic oxidation sites excluding steroid dienone is 2. The number of thiophene rings is 1. The summed E-state index contributed by atoms with van der Waals surface area (Å²) < 4.78 is 1.24. The van der Waals surface area contributed by atoms with Gasteiger partial charge < -0.3 is 5.11 Å². The number of ketones is 1. The molecule has 5 heteroatoms. The summed E-state index contributed by atoms with van der Waals surface area (Å²) in [6.45, 7) is 28.7. The smallest absolute Gasteiger partial charge is 0.162 e. The van der Waals surface area contributed by atoms with E-state index in [1.54, 1.807) is 0 Å². The van der Waals surface area contributed by atoms with Crippen LogP contribution >= 0.6 is 11.3 Å². The van der Waals surface area contributed by atoms with Crippen molar-refractivity contribution in [1.29, 1.82) is 0 Å². The molecule has 287 valence electrons. The molecule has 2 heterocycles. The first-order chi connectivity index (χ1) is 24.3. The molecule has 0 unspecified atom stereocenters. The van der Waals surface area contributed by atoms with E-state index in [0.29, 0.717) is 0 Å². The molecule has 0 aliphatic rings. The minimum absolute atomic E-state index is 0. The van der Waals surface area contributed by atoms with Gasteiger partial charge in [0.25, 0.3) is 0 Å². The van der Waals surface area contributed by atoms with E-state index in [1.807, 2.05) is 45.2 Å². The van der Waals surface area contributed by atoms with Crippen LogP contribution in [0, 0.1) is 17.9 Å². The summed E-state index contributed by atoms with van der Waals surface area (Å²) in [5, 5.41) is 13.5. The van der Waals surface area contributed by atoms with Crippen LogP contribution in [0.1, 0.15) is 132 Å². The monoisotopic (exact) mass is 909 g/mol. The Balaban J connectivity index is 0.000000403. The average Bonchev–Trinajstić information content (AvgIpc) is 3.49. The van der Waals surface area contributed by atoms with Gasteiger partial charge in [0.05, 0.1) is 5.76 Å². The number of hydrogen-bond donors (Lipinski definition) is 1. The average molecular weight is 909 g/mol. The second-order valence-corrected chi connectivity index (χ2v) is 18.3. The molecule has 0 spiro atoms. The van der Waals surface area contributed by atoms with Gasteiger partial charge >= 0.3 is 0 Å². The van der Waals surface area contributed by atoms with Gasteiger partial charge in [-0.2, -0.15) is 0 Å². The maximum absolute atomic E-state index is 11.7.